The SMILES string of the molecule is COc1ccc(C(O)C(F)(F)F)c(Br)c1O. The Balaban J connectivity index is 3.22. The molecular weight excluding hydrogens is 293 g/mol. The fourth-order valence-corrected chi connectivity index (χ4v) is 1.66. The molecule has 0 saturated heterocycles. The third kappa shape index (κ3) is 2.41. The zero-order valence-electron chi connectivity index (χ0n) is 8.05. The molecule has 3 nitrogen and oxygen atoms in total. The minimum absolute atomic E-state index is 0.0185. The van der Waals surface area contributed by atoms with Crippen molar-refractivity contribution in [3.8, 4) is 11.5 Å². The van der Waals surface area contributed by atoms with Crippen LogP contribution in [-0.4, -0.2) is 23.5 Å². The average molecular weight is 301 g/mol. The van der Waals surface area contributed by atoms with E-state index in [1.807, 2.05) is 0 Å². The molecule has 0 aromatic heterocycles. The van der Waals surface area contributed by atoms with Crippen LogP contribution in [0.2, 0.25) is 0 Å². The number of aliphatic hydroxyl groups is 1. The topological polar surface area (TPSA) is 49.7 Å². The van der Waals surface area contributed by atoms with Crippen LogP contribution in [0, 0.1) is 0 Å². The first-order valence-electron chi connectivity index (χ1n) is 4.09. The van der Waals surface area contributed by atoms with E-state index in [9.17, 15) is 18.3 Å². The second-order valence-electron chi connectivity index (χ2n) is 2.96. The van der Waals surface area contributed by atoms with E-state index in [4.69, 9.17) is 9.84 Å². The number of alkyl halides is 3. The van der Waals surface area contributed by atoms with Gasteiger partial charge in [0.2, 0.25) is 0 Å². The van der Waals surface area contributed by atoms with Gasteiger partial charge in [-0.15, -0.1) is 0 Å². The van der Waals surface area contributed by atoms with Gasteiger partial charge in [-0.25, -0.2) is 0 Å². The lowest BCUT2D eigenvalue weighted by Crippen LogP contribution is -2.20. The van der Waals surface area contributed by atoms with Crippen LogP contribution in [0.25, 0.3) is 0 Å². The van der Waals surface area contributed by atoms with Gasteiger partial charge in [-0.3, -0.25) is 0 Å². The van der Waals surface area contributed by atoms with Gasteiger partial charge >= 0.3 is 6.18 Å². The number of ether oxygens (including phenoxy) is 1. The number of rotatable bonds is 2. The normalized spacial score (nSPS) is 13.6. The summed E-state index contributed by atoms with van der Waals surface area (Å²) in [5.74, 6) is -0.465. The van der Waals surface area contributed by atoms with E-state index in [1.165, 1.54) is 7.11 Å². The molecule has 1 aromatic carbocycles. The molecule has 0 amide bonds. The number of halogens is 4. The lowest BCUT2D eigenvalue weighted by Gasteiger charge is -2.17. The van der Waals surface area contributed by atoms with Crippen molar-refractivity contribution in [1.82, 2.24) is 0 Å². The highest BCUT2D eigenvalue weighted by atomic mass is 79.9. The van der Waals surface area contributed by atoms with Crippen molar-refractivity contribution in [1.29, 1.82) is 0 Å². The molecule has 0 fully saturated rings. The van der Waals surface area contributed by atoms with E-state index in [-0.39, 0.29) is 10.2 Å². The second kappa shape index (κ2) is 4.50. The van der Waals surface area contributed by atoms with Gasteiger partial charge in [0.05, 0.1) is 11.6 Å². The third-order valence-corrected chi connectivity index (χ3v) is 2.77. The second-order valence-corrected chi connectivity index (χ2v) is 3.76. The quantitative estimate of drug-likeness (QED) is 0.883. The van der Waals surface area contributed by atoms with Gasteiger partial charge in [0.15, 0.2) is 17.6 Å². The molecule has 0 bridgehead atoms. The Labute approximate surface area is 97.6 Å². The molecule has 0 aliphatic rings. The molecule has 1 aromatic rings. The lowest BCUT2D eigenvalue weighted by atomic mass is 10.1. The van der Waals surface area contributed by atoms with Gasteiger partial charge in [-0.2, -0.15) is 13.2 Å². The summed E-state index contributed by atoms with van der Waals surface area (Å²) in [7, 11) is 1.27. The Hall–Kier alpha value is -0.950. The molecule has 1 atom stereocenters. The van der Waals surface area contributed by atoms with Crippen LogP contribution >= 0.6 is 15.9 Å². The van der Waals surface area contributed by atoms with E-state index < -0.39 is 23.6 Å². The fraction of sp³-hybridized carbons (Fsp3) is 0.333. The van der Waals surface area contributed by atoms with Gasteiger partial charge < -0.3 is 14.9 Å². The predicted molar refractivity (Wildman–Crippen MR) is 53.4 cm³/mol. The summed E-state index contributed by atoms with van der Waals surface area (Å²) < 4.78 is 41.2. The number of phenols is 1. The van der Waals surface area contributed by atoms with Crippen LogP contribution in [0.4, 0.5) is 13.2 Å². The molecule has 1 rings (SSSR count). The molecule has 16 heavy (non-hydrogen) atoms. The maximum absolute atomic E-state index is 12.2. The Morgan fingerprint density at radius 3 is 2.38 bits per heavy atom. The highest BCUT2D eigenvalue weighted by Gasteiger charge is 2.41. The van der Waals surface area contributed by atoms with Crippen LogP contribution in [0.3, 0.4) is 0 Å². The number of hydrogen-bond donors (Lipinski definition) is 2. The predicted octanol–water partition coefficient (Wildman–Crippen LogP) is 2.76. The summed E-state index contributed by atoms with van der Waals surface area (Å²) in [6.07, 6.45) is -7.44. The van der Waals surface area contributed by atoms with Crippen molar-refractivity contribution in [2.24, 2.45) is 0 Å². The third-order valence-electron chi connectivity index (χ3n) is 1.93. The van der Waals surface area contributed by atoms with Crippen molar-refractivity contribution < 1.29 is 28.1 Å². The minimum atomic E-state index is -4.79. The van der Waals surface area contributed by atoms with Crippen molar-refractivity contribution in [2.45, 2.75) is 12.3 Å². The Morgan fingerprint density at radius 1 is 1.38 bits per heavy atom. The number of methoxy groups -OCH3 is 1. The van der Waals surface area contributed by atoms with Gasteiger partial charge in [0, 0.05) is 5.56 Å². The summed E-state index contributed by atoms with van der Waals surface area (Å²) in [5, 5.41) is 18.5. The van der Waals surface area contributed by atoms with E-state index in [1.54, 1.807) is 0 Å². The maximum atomic E-state index is 12.2. The summed E-state index contributed by atoms with van der Waals surface area (Å²) in [6, 6.07) is 2.17. The maximum Gasteiger partial charge on any atom is 0.418 e. The largest absolute Gasteiger partial charge is 0.503 e. The summed E-state index contributed by atoms with van der Waals surface area (Å²) in [6.45, 7) is 0. The van der Waals surface area contributed by atoms with Crippen molar-refractivity contribution in [3.63, 3.8) is 0 Å². The molecule has 90 valence electrons. The van der Waals surface area contributed by atoms with Crippen molar-refractivity contribution in [2.75, 3.05) is 7.11 Å². The molecule has 0 aliphatic carbocycles. The number of aliphatic hydroxyl groups excluding tert-OH is 1. The van der Waals surface area contributed by atoms with Gasteiger partial charge in [-0.1, -0.05) is 6.07 Å². The van der Waals surface area contributed by atoms with Crippen molar-refractivity contribution in [3.05, 3.63) is 22.2 Å². The van der Waals surface area contributed by atoms with Gasteiger partial charge in [0.1, 0.15) is 0 Å². The molecular formula is C9H8BrF3O3. The van der Waals surface area contributed by atoms with Gasteiger partial charge in [0.25, 0.3) is 0 Å². The minimum Gasteiger partial charge on any atom is -0.503 e. The van der Waals surface area contributed by atoms with E-state index in [0.717, 1.165) is 12.1 Å². The number of phenolic OH excluding ortho intramolecular Hbond substituents is 1. The average Bonchev–Trinajstić information content (AvgIpc) is 2.20. The van der Waals surface area contributed by atoms with E-state index in [2.05, 4.69) is 15.9 Å². The molecule has 7 heteroatoms. The monoisotopic (exact) mass is 300 g/mol. The fourth-order valence-electron chi connectivity index (χ4n) is 1.11. The Morgan fingerprint density at radius 2 is 1.94 bits per heavy atom. The molecule has 0 heterocycles. The summed E-state index contributed by atoms with van der Waals surface area (Å²) >= 11 is 2.77. The highest BCUT2D eigenvalue weighted by Crippen LogP contribution is 2.43. The molecule has 0 saturated carbocycles. The summed E-state index contributed by atoms with van der Waals surface area (Å²) in [4.78, 5) is 0. The zero-order valence-corrected chi connectivity index (χ0v) is 9.63. The van der Waals surface area contributed by atoms with E-state index >= 15 is 0 Å². The lowest BCUT2D eigenvalue weighted by molar-refractivity contribution is -0.207. The van der Waals surface area contributed by atoms with Crippen LogP contribution in [0.5, 0.6) is 11.5 Å². The number of benzene rings is 1. The highest BCUT2D eigenvalue weighted by molar-refractivity contribution is 9.10. The molecule has 0 spiro atoms. The Kier molecular flexibility index (Phi) is 3.69. The van der Waals surface area contributed by atoms with Crippen molar-refractivity contribution >= 4 is 15.9 Å². The van der Waals surface area contributed by atoms with Crippen LogP contribution in [0.15, 0.2) is 16.6 Å². The molecule has 1 unspecified atom stereocenters. The first-order valence-corrected chi connectivity index (χ1v) is 4.88. The smallest absolute Gasteiger partial charge is 0.418 e. The van der Waals surface area contributed by atoms with Crippen LogP contribution in [0.1, 0.15) is 11.7 Å². The van der Waals surface area contributed by atoms with E-state index in [0.29, 0.717) is 0 Å². The first-order chi connectivity index (χ1) is 7.29. The molecule has 0 radical (unpaired) electrons. The number of hydrogen-bond acceptors (Lipinski definition) is 3. The standard InChI is InChI=1S/C9H8BrF3O3/c1-16-5-3-2-4(6(10)7(5)14)8(15)9(11,12)13/h2-3,8,14-15H,1H3. The van der Waals surface area contributed by atoms with Crippen LogP contribution < -0.4 is 4.74 Å². The van der Waals surface area contributed by atoms with Gasteiger partial charge in [-0.05, 0) is 22.0 Å². The molecule has 0 aliphatic heterocycles. The molecule has 2 N–H and O–H groups in total. The number of aromatic hydroxyl groups is 1. The van der Waals surface area contributed by atoms with Crippen LogP contribution in [-0.2, 0) is 0 Å². The summed E-state index contributed by atoms with van der Waals surface area (Å²) in [5.41, 5.74) is -0.467. The first kappa shape index (κ1) is 13.1. The zero-order chi connectivity index (χ0) is 12.5. The Bertz CT molecular complexity index is 392.